The van der Waals surface area contributed by atoms with Gasteiger partial charge in [-0.05, 0) is 50.2 Å². The third-order valence-electron chi connectivity index (χ3n) is 7.12. The van der Waals surface area contributed by atoms with Crippen LogP contribution in [0.3, 0.4) is 0 Å². The van der Waals surface area contributed by atoms with Crippen molar-refractivity contribution in [3.8, 4) is 0 Å². The van der Waals surface area contributed by atoms with E-state index in [2.05, 4.69) is 9.88 Å². The first-order valence-electron chi connectivity index (χ1n) is 11.9. The standard InChI is InChI=1S/C25H26Cl2FN5O3/c1-30-6-2-3-20(30)25(36)32-9-7-31(8-10-32)24(35)17-12-15(4-5-19(17)28)11-16-14-29-23(34)21-13-18(26)22(27)33(16)21/h4-5,12-14,20H,2-3,6-11H2,1H3,(H,29,34)/t20-/m1/s1. The molecule has 2 saturated heterocycles. The van der Waals surface area contributed by atoms with E-state index < -0.39 is 11.7 Å². The van der Waals surface area contributed by atoms with Gasteiger partial charge in [-0.25, -0.2) is 4.39 Å². The lowest BCUT2D eigenvalue weighted by atomic mass is 10.0. The van der Waals surface area contributed by atoms with E-state index in [1.54, 1.807) is 20.3 Å². The van der Waals surface area contributed by atoms with Gasteiger partial charge in [-0.2, -0.15) is 0 Å². The highest BCUT2D eigenvalue weighted by Gasteiger charge is 2.34. The number of carbonyl (C=O) groups is 2. The predicted molar refractivity (Wildman–Crippen MR) is 135 cm³/mol. The summed E-state index contributed by atoms with van der Waals surface area (Å²) in [5.74, 6) is -0.914. The summed E-state index contributed by atoms with van der Waals surface area (Å²) in [6.45, 7) is 2.47. The number of rotatable bonds is 4. The molecule has 190 valence electrons. The van der Waals surface area contributed by atoms with E-state index in [-0.39, 0.29) is 39.7 Å². The topological polar surface area (TPSA) is 81.1 Å². The zero-order valence-corrected chi connectivity index (χ0v) is 21.3. The molecule has 4 heterocycles. The number of aromatic amines is 1. The van der Waals surface area contributed by atoms with Crippen LogP contribution in [-0.4, -0.2) is 81.7 Å². The lowest BCUT2D eigenvalue weighted by Crippen LogP contribution is -2.54. The van der Waals surface area contributed by atoms with Crippen molar-refractivity contribution in [2.75, 3.05) is 39.8 Å². The third-order valence-corrected chi connectivity index (χ3v) is 7.88. The Bertz CT molecular complexity index is 1400. The molecule has 0 unspecified atom stereocenters. The lowest BCUT2D eigenvalue weighted by molar-refractivity contribution is -0.137. The molecule has 36 heavy (non-hydrogen) atoms. The summed E-state index contributed by atoms with van der Waals surface area (Å²) in [5, 5.41) is 0.462. The number of likely N-dealkylation sites (N-methyl/N-ethyl adjacent to an activating group) is 1. The fraction of sp³-hybridized carbons (Fsp3) is 0.400. The number of H-pyrrole nitrogens is 1. The van der Waals surface area contributed by atoms with Crippen LogP contribution in [0, 0.1) is 5.82 Å². The average molecular weight is 534 g/mol. The molecule has 8 nitrogen and oxygen atoms in total. The molecular weight excluding hydrogens is 508 g/mol. The molecule has 1 atom stereocenters. The number of halogens is 3. The second kappa shape index (κ2) is 9.88. The fourth-order valence-corrected chi connectivity index (χ4v) is 5.55. The van der Waals surface area contributed by atoms with Gasteiger partial charge in [0.15, 0.2) is 0 Å². The van der Waals surface area contributed by atoms with E-state index in [0.29, 0.717) is 43.0 Å². The molecule has 2 fully saturated rings. The van der Waals surface area contributed by atoms with Crippen molar-refractivity contribution in [2.24, 2.45) is 0 Å². The van der Waals surface area contributed by atoms with Gasteiger partial charge in [-0.1, -0.05) is 29.3 Å². The summed E-state index contributed by atoms with van der Waals surface area (Å²) >= 11 is 12.4. The van der Waals surface area contributed by atoms with Crippen LogP contribution in [0.1, 0.15) is 34.5 Å². The second-order valence-electron chi connectivity index (χ2n) is 9.36. The first kappa shape index (κ1) is 24.8. The van der Waals surface area contributed by atoms with Gasteiger partial charge < -0.3 is 14.8 Å². The van der Waals surface area contributed by atoms with Crippen molar-refractivity contribution < 1.29 is 14.0 Å². The van der Waals surface area contributed by atoms with Gasteiger partial charge in [0.05, 0.1) is 16.6 Å². The Hall–Kier alpha value is -2.88. The number of carbonyl (C=O) groups excluding carboxylic acids is 2. The number of nitrogens with zero attached hydrogens (tertiary/aromatic N) is 4. The molecule has 2 aliphatic heterocycles. The van der Waals surface area contributed by atoms with Crippen molar-refractivity contribution in [2.45, 2.75) is 25.3 Å². The molecule has 2 amide bonds. The van der Waals surface area contributed by atoms with Gasteiger partial charge in [0.25, 0.3) is 11.5 Å². The Morgan fingerprint density at radius 2 is 1.81 bits per heavy atom. The molecule has 0 aliphatic carbocycles. The molecule has 0 radical (unpaired) electrons. The molecule has 11 heteroatoms. The summed E-state index contributed by atoms with van der Waals surface area (Å²) in [5.41, 5.74) is 1.25. The molecule has 0 saturated carbocycles. The number of amides is 2. The Morgan fingerprint density at radius 1 is 1.08 bits per heavy atom. The zero-order chi connectivity index (χ0) is 25.6. The number of benzene rings is 1. The van der Waals surface area contributed by atoms with E-state index in [4.69, 9.17) is 23.2 Å². The van der Waals surface area contributed by atoms with E-state index in [9.17, 15) is 18.8 Å². The van der Waals surface area contributed by atoms with Gasteiger partial charge in [0.2, 0.25) is 5.91 Å². The van der Waals surface area contributed by atoms with Crippen molar-refractivity contribution >= 4 is 40.5 Å². The van der Waals surface area contributed by atoms with Crippen LogP contribution in [-0.2, 0) is 11.2 Å². The number of nitrogens with one attached hydrogen (secondary N) is 1. The number of hydrogen-bond acceptors (Lipinski definition) is 4. The predicted octanol–water partition coefficient (Wildman–Crippen LogP) is 3.04. The van der Waals surface area contributed by atoms with Crippen LogP contribution < -0.4 is 5.56 Å². The van der Waals surface area contributed by atoms with Crippen LogP contribution in [0.25, 0.3) is 5.52 Å². The molecule has 0 spiro atoms. The second-order valence-corrected chi connectivity index (χ2v) is 10.1. The number of hydrogen-bond donors (Lipinski definition) is 1. The largest absolute Gasteiger partial charge is 0.338 e. The maximum atomic E-state index is 14.7. The molecule has 5 rings (SSSR count). The van der Waals surface area contributed by atoms with E-state index in [0.717, 1.165) is 19.4 Å². The summed E-state index contributed by atoms with van der Waals surface area (Å²) < 4.78 is 16.3. The summed E-state index contributed by atoms with van der Waals surface area (Å²) in [6.07, 6.45) is 3.68. The smallest absolute Gasteiger partial charge is 0.272 e. The highest BCUT2D eigenvalue weighted by molar-refractivity contribution is 6.42. The number of piperazine rings is 1. The highest BCUT2D eigenvalue weighted by Crippen LogP contribution is 2.27. The maximum Gasteiger partial charge on any atom is 0.272 e. The molecule has 2 aromatic heterocycles. The van der Waals surface area contributed by atoms with Gasteiger partial charge in [-0.3, -0.25) is 23.7 Å². The minimum absolute atomic E-state index is 0.0277. The minimum atomic E-state index is -0.608. The van der Waals surface area contributed by atoms with E-state index >= 15 is 0 Å². The van der Waals surface area contributed by atoms with Crippen LogP contribution in [0.15, 0.2) is 35.3 Å². The van der Waals surface area contributed by atoms with Crippen molar-refractivity contribution in [3.05, 3.63) is 73.6 Å². The van der Waals surface area contributed by atoms with Gasteiger partial charge in [0, 0.05) is 44.5 Å². The SMILES string of the molecule is CN1CCC[C@@H]1C(=O)N1CCN(C(=O)c2cc(Cc3c[nH]c(=O)c4cc(Cl)c(Cl)n34)ccc2F)CC1. The number of fused-ring (bicyclic) bond motifs is 1. The Balaban J connectivity index is 1.32. The summed E-state index contributed by atoms with van der Waals surface area (Å²) in [4.78, 5) is 46.3. The summed E-state index contributed by atoms with van der Waals surface area (Å²) in [7, 11) is 1.96. The van der Waals surface area contributed by atoms with Crippen LogP contribution in [0.2, 0.25) is 10.2 Å². The molecular formula is C25H26Cl2FN5O3. The quantitative estimate of drug-likeness (QED) is 0.558. The first-order valence-corrected chi connectivity index (χ1v) is 12.6. The molecule has 1 N–H and O–H groups in total. The van der Waals surface area contributed by atoms with E-state index in [1.807, 2.05) is 7.05 Å². The maximum absolute atomic E-state index is 14.7. The summed E-state index contributed by atoms with van der Waals surface area (Å²) in [6, 6.07) is 5.78. The van der Waals surface area contributed by atoms with Crippen LogP contribution in [0.4, 0.5) is 4.39 Å². The minimum Gasteiger partial charge on any atom is -0.338 e. The van der Waals surface area contributed by atoms with Crippen molar-refractivity contribution in [3.63, 3.8) is 0 Å². The molecule has 3 aromatic rings. The highest BCUT2D eigenvalue weighted by atomic mass is 35.5. The molecule has 1 aromatic carbocycles. The Kier molecular flexibility index (Phi) is 6.80. The first-order chi connectivity index (χ1) is 17.2. The Morgan fingerprint density at radius 3 is 2.50 bits per heavy atom. The van der Waals surface area contributed by atoms with Gasteiger partial charge in [0.1, 0.15) is 16.5 Å². The van der Waals surface area contributed by atoms with Crippen molar-refractivity contribution in [1.82, 2.24) is 24.1 Å². The van der Waals surface area contributed by atoms with Gasteiger partial charge in [-0.15, -0.1) is 0 Å². The Labute approximate surface area is 217 Å². The van der Waals surface area contributed by atoms with Crippen molar-refractivity contribution in [1.29, 1.82) is 0 Å². The monoisotopic (exact) mass is 533 g/mol. The van der Waals surface area contributed by atoms with E-state index in [1.165, 1.54) is 24.4 Å². The third kappa shape index (κ3) is 4.51. The molecule has 2 aliphatic rings. The fourth-order valence-electron chi connectivity index (χ4n) is 5.11. The number of likely N-dealkylation sites (tertiary alicyclic amines) is 1. The van der Waals surface area contributed by atoms with Gasteiger partial charge >= 0.3 is 0 Å². The lowest BCUT2D eigenvalue weighted by Gasteiger charge is -2.37. The molecule has 0 bridgehead atoms. The van der Waals surface area contributed by atoms with Crippen LogP contribution in [0.5, 0.6) is 0 Å². The number of aromatic nitrogens is 2. The normalized spacial score (nSPS) is 18.8. The average Bonchev–Trinajstić information content (AvgIpc) is 3.44. The van der Waals surface area contributed by atoms with Crippen LogP contribution >= 0.6 is 23.2 Å². The zero-order valence-electron chi connectivity index (χ0n) is 19.8.